The molecule has 1 aromatic rings. The fourth-order valence-corrected chi connectivity index (χ4v) is 2.38. The lowest BCUT2D eigenvalue weighted by Gasteiger charge is -2.21. The maximum absolute atomic E-state index is 5.47. The summed E-state index contributed by atoms with van der Waals surface area (Å²) in [5.41, 5.74) is 3.77. The molecule has 1 aromatic carbocycles. The van der Waals surface area contributed by atoms with Crippen LogP contribution in [0.25, 0.3) is 0 Å². The van der Waals surface area contributed by atoms with Crippen LogP contribution in [0.3, 0.4) is 0 Å². The Hall–Kier alpha value is -0.670. The standard InChI is InChI=1S/C13H21NOS/c1-9-7-10(2)13(12(8-9)15-4)11(14-3)5-6-16/h7-8,11,14,16H,5-6H2,1-4H3. The van der Waals surface area contributed by atoms with Crippen LogP contribution in [0.1, 0.15) is 29.2 Å². The fourth-order valence-electron chi connectivity index (χ4n) is 2.12. The minimum absolute atomic E-state index is 0.313. The molecule has 0 amide bonds. The van der Waals surface area contributed by atoms with E-state index in [1.54, 1.807) is 7.11 Å². The smallest absolute Gasteiger partial charge is 0.124 e. The third-order valence-corrected chi connectivity index (χ3v) is 3.09. The molecule has 1 atom stereocenters. The van der Waals surface area contributed by atoms with Crippen molar-refractivity contribution < 1.29 is 4.74 Å². The predicted molar refractivity (Wildman–Crippen MR) is 72.7 cm³/mol. The summed E-state index contributed by atoms with van der Waals surface area (Å²) in [5.74, 6) is 1.83. The lowest BCUT2D eigenvalue weighted by Crippen LogP contribution is -2.19. The maximum Gasteiger partial charge on any atom is 0.124 e. The Kier molecular flexibility index (Phi) is 5.16. The monoisotopic (exact) mass is 239 g/mol. The summed E-state index contributed by atoms with van der Waals surface area (Å²) >= 11 is 4.30. The molecule has 2 nitrogen and oxygen atoms in total. The summed E-state index contributed by atoms with van der Waals surface area (Å²) < 4.78 is 5.47. The Labute approximate surface area is 104 Å². The first kappa shape index (κ1) is 13.4. The second-order valence-corrected chi connectivity index (χ2v) is 4.50. The van der Waals surface area contributed by atoms with Crippen molar-refractivity contribution in [2.45, 2.75) is 26.3 Å². The number of hydrogen-bond donors (Lipinski definition) is 2. The van der Waals surface area contributed by atoms with Crippen LogP contribution in [0.5, 0.6) is 5.75 Å². The van der Waals surface area contributed by atoms with E-state index in [2.05, 4.69) is 43.9 Å². The minimum Gasteiger partial charge on any atom is -0.496 e. The van der Waals surface area contributed by atoms with Crippen molar-refractivity contribution in [1.82, 2.24) is 5.32 Å². The molecular formula is C13H21NOS. The zero-order valence-corrected chi connectivity index (χ0v) is 11.4. The van der Waals surface area contributed by atoms with Gasteiger partial charge in [0.2, 0.25) is 0 Å². The van der Waals surface area contributed by atoms with Gasteiger partial charge in [0.25, 0.3) is 0 Å². The quantitative estimate of drug-likeness (QED) is 0.771. The maximum atomic E-state index is 5.47. The number of methoxy groups -OCH3 is 1. The Balaban J connectivity index is 3.18. The SMILES string of the molecule is CNC(CCS)c1c(C)cc(C)cc1OC. The number of benzene rings is 1. The van der Waals surface area contributed by atoms with Gasteiger partial charge in [0.1, 0.15) is 5.75 Å². The second kappa shape index (κ2) is 6.16. The van der Waals surface area contributed by atoms with E-state index < -0.39 is 0 Å². The van der Waals surface area contributed by atoms with E-state index in [-0.39, 0.29) is 0 Å². The van der Waals surface area contributed by atoms with Gasteiger partial charge in [0, 0.05) is 11.6 Å². The highest BCUT2D eigenvalue weighted by molar-refractivity contribution is 7.80. The molecule has 0 aliphatic carbocycles. The molecule has 1 unspecified atom stereocenters. The van der Waals surface area contributed by atoms with E-state index in [0.717, 1.165) is 17.9 Å². The van der Waals surface area contributed by atoms with Gasteiger partial charge in [-0.3, -0.25) is 0 Å². The molecule has 0 heterocycles. The molecule has 0 spiro atoms. The minimum atomic E-state index is 0.313. The number of hydrogen-bond acceptors (Lipinski definition) is 3. The van der Waals surface area contributed by atoms with Crippen LogP contribution in [-0.2, 0) is 0 Å². The van der Waals surface area contributed by atoms with Gasteiger partial charge in [0.15, 0.2) is 0 Å². The topological polar surface area (TPSA) is 21.3 Å². The van der Waals surface area contributed by atoms with Crippen LogP contribution in [0.15, 0.2) is 12.1 Å². The summed E-state index contributed by atoms with van der Waals surface area (Å²) in [7, 11) is 3.71. The average Bonchev–Trinajstić information content (AvgIpc) is 2.25. The highest BCUT2D eigenvalue weighted by Gasteiger charge is 2.16. The van der Waals surface area contributed by atoms with Crippen molar-refractivity contribution in [3.05, 3.63) is 28.8 Å². The fraction of sp³-hybridized carbons (Fsp3) is 0.538. The normalized spacial score (nSPS) is 12.6. The Morgan fingerprint density at radius 2 is 2.06 bits per heavy atom. The van der Waals surface area contributed by atoms with Crippen LogP contribution in [0, 0.1) is 13.8 Å². The molecule has 90 valence electrons. The lowest BCUT2D eigenvalue weighted by molar-refractivity contribution is 0.399. The van der Waals surface area contributed by atoms with Crippen molar-refractivity contribution in [2.24, 2.45) is 0 Å². The predicted octanol–water partition coefficient (Wildman–Crippen LogP) is 2.89. The van der Waals surface area contributed by atoms with E-state index in [1.807, 2.05) is 7.05 Å². The zero-order valence-electron chi connectivity index (χ0n) is 10.5. The Morgan fingerprint density at radius 1 is 1.38 bits per heavy atom. The molecule has 0 radical (unpaired) electrons. The van der Waals surface area contributed by atoms with Gasteiger partial charge in [0.05, 0.1) is 7.11 Å². The summed E-state index contributed by atoms with van der Waals surface area (Å²) in [5, 5.41) is 3.33. The first-order valence-corrected chi connectivity index (χ1v) is 6.20. The van der Waals surface area contributed by atoms with Crippen LogP contribution in [0.2, 0.25) is 0 Å². The zero-order chi connectivity index (χ0) is 12.1. The molecule has 0 saturated carbocycles. The largest absolute Gasteiger partial charge is 0.496 e. The summed E-state index contributed by atoms with van der Waals surface area (Å²) in [6.45, 7) is 4.22. The highest BCUT2D eigenvalue weighted by Crippen LogP contribution is 2.31. The molecule has 0 aliphatic heterocycles. The van der Waals surface area contributed by atoms with Gasteiger partial charge in [-0.25, -0.2) is 0 Å². The number of aryl methyl sites for hydroxylation is 2. The van der Waals surface area contributed by atoms with Gasteiger partial charge < -0.3 is 10.1 Å². The van der Waals surface area contributed by atoms with Crippen LogP contribution >= 0.6 is 12.6 Å². The molecule has 3 heteroatoms. The molecule has 1 rings (SSSR count). The Bertz CT molecular complexity index is 352. The Morgan fingerprint density at radius 3 is 2.56 bits per heavy atom. The summed E-state index contributed by atoms with van der Waals surface area (Å²) in [4.78, 5) is 0. The van der Waals surface area contributed by atoms with E-state index >= 15 is 0 Å². The number of rotatable bonds is 5. The molecular weight excluding hydrogens is 218 g/mol. The lowest BCUT2D eigenvalue weighted by atomic mass is 9.96. The van der Waals surface area contributed by atoms with Crippen molar-refractivity contribution in [3.63, 3.8) is 0 Å². The first-order chi connectivity index (χ1) is 7.63. The molecule has 0 bridgehead atoms. The van der Waals surface area contributed by atoms with Gasteiger partial charge in [-0.05, 0) is 50.3 Å². The van der Waals surface area contributed by atoms with Crippen molar-refractivity contribution in [2.75, 3.05) is 19.9 Å². The van der Waals surface area contributed by atoms with Gasteiger partial charge in [-0.1, -0.05) is 6.07 Å². The summed E-state index contributed by atoms with van der Waals surface area (Å²) in [6.07, 6.45) is 1.000. The first-order valence-electron chi connectivity index (χ1n) is 5.57. The van der Waals surface area contributed by atoms with E-state index in [0.29, 0.717) is 6.04 Å². The van der Waals surface area contributed by atoms with Gasteiger partial charge in [-0.2, -0.15) is 12.6 Å². The van der Waals surface area contributed by atoms with E-state index in [9.17, 15) is 0 Å². The molecule has 16 heavy (non-hydrogen) atoms. The van der Waals surface area contributed by atoms with Crippen LogP contribution in [-0.4, -0.2) is 19.9 Å². The van der Waals surface area contributed by atoms with Crippen molar-refractivity contribution >= 4 is 12.6 Å². The van der Waals surface area contributed by atoms with E-state index in [1.165, 1.54) is 16.7 Å². The molecule has 0 fully saturated rings. The third kappa shape index (κ3) is 2.92. The molecule has 0 aromatic heterocycles. The van der Waals surface area contributed by atoms with Gasteiger partial charge >= 0.3 is 0 Å². The van der Waals surface area contributed by atoms with Crippen LogP contribution in [0.4, 0.5) is 0 Å². The molecule has 1 N–H and O–H groups in total. The second-order valence-electron chi connectivity index (χ2n) is 4.05. The summed E-state index contributed by atoms with van der Waals surface area (Å²) in [6, 6.07) is 4.60. The van der Waals surface area contributed by atoms with Crippen molar-refractivity contribution in [1.29, 1.82) is 0 Å². The van der Waals surface area contributed by atoms with E-state index in [4.69, 9.17) is 4.74 Å². The molecule has 0 aliphatic rings. The number of ether oxygens (including phenoxy) is 1. The number of nitrogens with one attached hydrogen (secondary N) is 1. The third-order valence-electron chi connectivity index (χ3n) is 2.83. The average molecular weight is 239 g/mol. The highest BCUT2D eigenvalue weighted by atomic mass is 32.1. The van der Waals surface area contributed by atoms with Crippen LogP contribution < -0.4 is 10.1 Å². The van der Waals surface area contributed by atoms with Gasteiger partial charge in [-0.15, -0.1) is 0 Å². The van der Waals surface area contributed by atoms with Crippen molar-refractivity contribution in [3.8, 4) is 5.75 Å². The number of thiol groups is 1. The molecule has 0 saturated heterocycles.